The Morgan fingerprint density at radius 2 is 1.93 bits per heavy atom. The molecule has 0 spiro atoms. The fourth-order valence-electron chi connectivity index (χ4n) is 3.42. The van der Waals surface area contributed by atoms with E-state index < -0.39 is 17.8 Å². The van der Waals surface area contributed by atoms with Gasteiger partial charge in [0.1, 0.15) is 5.01 Å². The first kappa shape index (κ1) is 19.4. The highest BCUT2D eigenvalue weighted by molar-refractivity contribution is 7.10. The summed E-state index contributed by atoms with van der Waals surface area (Å²) in [4.78, 5) is 19.1. The molecule has 4 rings (SSSR count). The molecule has 0 bridgehead atoms. The standard InChI is InChI=1S/C21H18F3N3OS/c22-21(23,24)15-8-4-9-16(12-15)25-20(28)27-11-5-10-18(27)19-26-17(13-29-19)14-6-2-1-3-7-14/h1-4,6-9,12-13,18H,5,10-11H2,(H,25,28)/t18-/m0/s1. The molecule has 1 fully saturated rings. The predicted octanol–water partition coefficient (Wildman–Crippen LogP) is 6.20. The lowest BCUT2D eigenvalue weighted by Gasteiger charge is -2.23. The van der Waals surface area contributed by atoms with Crippen LogP contribution in [0.2, 0.25) is 0 Å². The minimum Gasteiger partial charge on any atom is -0.315 e. The van der Waals surface area contributed by atoms with Crippen LogP contribution in [0.4, 0.5) is 23.7 Å². The highest BCUT2D eigenvalue weighted by Crippen LogP contribution is 2.36. The molecular weight excluding hydrogens is 399 g/mol. The Balaban J connectivity index is 1.50. The largest absolute Gasteiger partial charge is 0.416 e. The molecule has 1 atom stereocenters. The second-order valence-electron chi connectivity index (χ2n) is 6.80. The average Bonchev–Trinajstić information content (AvgIpc) is 3.38. The Kier molecular flexibility index (Phi) is 5.27. The van der Waals surface area contributed by atoms with Crippen LogP contribution >= 0.6 is 11.3 Å². The maximum absolute atomic E-state index is 12.9. The van der Waals surface area contributed by atoms with Gasteiger partial charge in [-0.25, -0.2) is 9.78 Å². The summed E-state index contributed by atoms with van der Waals surface area (Å²) in [6, 6.07) is 13.9. The minimum absolute atomic E-state index is 0.125. The number of alkyl halides is 3. The average molecular weight is 417 g/mol. The van der Waals surface area contributed by atoms with Crippen LogP contribution in [0.1, 0.15) is 29.5 Å². The third kappa shape index (κ3) is 4.27. The van der Waals surface area contributed by atoms with Crippen LogP contribution in [-0.4, -0.2) is 22.5 Å². The van der Waals surface area contributed by atoms with Gasteiger partial charge in [0.05, 0.1) is 17.3 Å². The molecule has 29 heavy (non-hydrogen) atoms. The molecule has 0 saturated carbocycles. The van der Waals surface area contributed by atoms with Crippen LogP contribution < -0.4 is 5.32 Å². The van der Waals surface area contributed by atoms with Crippen molar-refractivity contribution >= 4 is 23.1 Å². The summed E-state index contributed by atoms with van der Waals surface area (Å²) in [6.45, 7) is 0.537. The molecule has 1 saturated heterocycles. The summed E-state index contributed by atoms with van der Waals surface area (Å²) >= 11 is 1.49. The number of carbonyl (C=O) groups is 1. The minimum atomic E-state index is -4.45. The number of likely N-dealkylation sites (tertiary alicyclic amines) is 1. The second kappa shape index (κ2) is 7.87. The normalized spacial score (nSPS) is 16.8. The van der Waals surface area contributed by atoms with Crippen molar-refractivity contribution in [2.45, 2.75) is 25.1 Å². The van der Waals surface area contributed by atoms with E-state index in [0.29, 0.717) is 6.54 Å². The van der Waals surface area contributed by atoms with Crippen molar-refractivity contribution in [1.82, 2.24) is 9.88 Å². The number of anilines is 1. The van der Waals surface area contributed by atoms with Crippen LogP contribution in [0.5, 0.6) is 0 Å². The van der Waals surface area contributed by atoms with E-state index in [1.807, 2.05) is 35.7 Å². The van der Waals surface area contributed by atoms with Gasteiger partial charge >= 0.3 is 12.2 Å². The zero-order valence-corrected chi connectivity index (χ0v) is 16.1. The topological polar surface area (TPSA) is 45.2 Å². The van der Waals surface area contributed by atoms with Gasteiger partial charge in [-0.15, -0.1) is 11.3 Å². The summed E-state index contributed by atoms with van der Waals surface area (Å²) < 4.78 is 38.7. The van der Waals surface area contributed by atoms with E-state index in [4.69, 9.17) is 4.98 Å². The molecule has 0 unspecified atom stereocenters. The van der Waals surface area contributed by atoms with Gasteiger partial charge < -0.3 is 10.2 Å². The summed E-state index contributed by atoms with van der Waals surface area (Å²) in [5, 5.41) is 5.40. The second-order valence-corrected chi connectivity index (χ2v) is 7.69. The van der Waals surface area contributed by atoms with Crippen molar-refractivity contribution in [1.29, 1.82) is 0 Å². The quantitative estimate of drug-likeness (QED) is 0.552. The molecule has 1 aliphatic rings. The number of thiazole rings is 1. The Hall–Kier alpha value is -2.87. The molecule has 0 radical (unpaired) electrons. The highest BCUT2D eigenvalue weighted by atomic mass is 32.1. The number of nitrogens with zero attached hydrogens (tertiary/aromatic N) is 2. The first-order valence-corrected chi connectivity index (χ1v) is 10.1. The van der Waals surface area contributed by atoms with Gasteiger partial charge in [0.15, 0.2) is 0 Å². The summed E-state index contributed by atoms with van der Waals surface area (Å²) in [5.74, 6) is 0. The zero-order chi connectivity index (χ0) is 20.4. The first-order valence-electron chi connectivity index (χ1n) is 9.17. The number of hydrogen-bond acceptors (Lipinski definition) is 3. The molecule has 2 amide bonds. The number of rotatable bonds is 3. The molecular formula is C21H18F3N3OS. The highest BCUT2D eigenvalue weighted by Gasteiger charge is 2.33. The van der Waals surface area contributed by atoms with Crippen LogP contribution in [0.15, 0.2) is 60.0 Å². The van der Waals surface area contributed by atoms with Gasteiger partial charge in [-0.1, -0.05) is 36.4 Å². The van der Waals surface area contributed by atoms with E-state index >= 15 is 0 Å². The van der Waals surface area contributed by atoms with Gasteiger partial charge in [-0.3, -0.25) is 0 Å². The molecule has 1 aromatic heterocycles. The summed E-state index contributed by atoms with van der Waals surface area (Å²) in [7, 11) is 0. The lowest BCUT2D eigenvalue weighted by molar-refractivity contribution is -0.137. The van der Waals surface area contributed by atoms with E-state index in [1.54, 1.807) is 4.90 Å². The molecule has 2 aromatic carbocycles. The predicted molar refractivity (Wildman–Crippen MR) is 107 cm³/mol. The molecule has 2 heterocycles. The number of halogens is 3. The van der Waals surface area contributed by atoms with Gasteiger partial charge in [0, 0.05) is 23.2 Å². The third-order valence-corrected chi connectivity index (χ3v) is 5.78. The molecule has 0 aliphatic carbocycles. The number of nitrogens with one attached hydrogen (secondary N) is 1. The van der Waals surface area contributed by atoms with E-state index in [1.165, 1.54) is 23.5 Å². The molecule has 150 valence electrons. The number of urea groups is 1. The zero-order valence-electron chi connectivity index (χ0n) is 15.3. The van der Waals surface area contributed by atoms with Crippen molar-refractivity contribution in [3.8, 4) is 11.3 Å². The van der Waals surface area contributed by atoms with E-state index in [-0.39, 0.29) is 11.7 Å². The monoisotopic (exact) mass is 417 g/mol. The van der Waals surface area contributed by atoms with Crippen molar-refractivity contribution in [3.63, 3.8) is 0 Å². The smallest absolute Gasteiger partial charge is 0.315 e. The van der Waals surface area contributed by atoms with Crippen molar-refractivity contribution in [2.75, 3.05) is 11.9 Å². The number of carbonyl (C=O) groups excluding carboxylic acids is 1. The van der Waals surface area contributed by atoms with E-state index in [2.05, 4.69) is 5.32 Å². The Bertz CT molecular complexity index is 1000. The van der Waals surface area contributed by atoms with Crippen molar-refractivity contribution in [3.05, 3.63) is 70.5 Å². The fraction of sp³-hybridized carbons (Fsp3) is 0.238. The maximum Gasteiger partial charge on any atom is 0.416 e. The Morgan fingerprint density at radius 1 is 1.14 bits per heavy atom. The van der Waals surface area contributed by atoms with E-state index in [0.717, 1.165) is 41.2 Å². The Labute approximate surface area is 170 Å². The molecule has 4 nitrogen and oxygen atoms in total. The molecule has 8 heteroatoms. The van der Waals surface area contributed by atoms with Gasteiger partial charge in [-0.2, -0.15) is 13.2 Å². The van der Waals surface area contributed by atoms with Crippen LogP contribution in [-0.2, 0) is 6.18 Å². The Morgan fingerprint density at radius 3 is 2.69 bits per heavy atom. The van der Waals surface area contributed by atoms with Crippen LogP contribution in [0, 0.1) is 0 Å². The number of amides is 2. The number of hydrogen-bond donors (Lipinski definition) is 1. The number of aromatic nitrogens is 1. The SMILES string of the molecule is O=C(Nc1cccc(C(F)(F)F)c1)N1CCC[C@H]1c1nc(-c2ccccc2)cs1. The summed E-state index contributed by atoms with van der Waals surface area (Å²) in [5.41, 5.74) is 1.20. The fourth-order valence-corrected chi connectivity index (χ4v) is 4.39. The van der Waals surface area contributed by atoms with Gasteiger partial charge in [0.25, 0.3) is 0 Å². The van der Waals surface area contributed by atoms with Crippen LogP contribution in [0.3, 0.4) is 0 Å². The number of benzene rings is 2. The summed E-state index contributed by atoms with van der Waals surface area (Å²) in [6.07, 6.45) is -2.86. The molecule has 1 N–H and O–H groups in total. The van der Waals surface area contributed by atoms with Crippen molar-refractivity contribution in [2.24, 2.45) is 0 Å². The van der Waals surface area contributed by atoms with Gasteiger partial charge in [-0.05, 0) is 31.0 Å². The van der Waals surface area contributed by atoms with E-state index in [9.17, 15) is 18.0 Å². The van der Waals surface area contributed by atoms with Gasteiger partial charge in [0.2, 0.25) is 0 Å². The molecule has 1 aliphatic heterocycles. The lowest BCUT2D eigenvalue weighted by Crippen LogP contribution is -2.34. The molecule has 3 aromatic rings. The third-order valence-electron chi connectivity index (χ3n) is 4.83. The maximum atomic E-state index is 12.9. The van der Waals surface area contributed by atoms with Crippen LogP contribution in [0.25, 0.3) is 11.3 Å². The first-order chi connectivity index (χ1) is 13.9. The lowest BCUT2D eigenvalue weighted by atomic mass is 10.2. The van der Waals surface area contributed by atoms with Crippen molar-refractivity contribution < 1.29 is 18.0 Å².